The van der Waals surface area contributed by atoms with Crippen LogP contribution in [0.3, 0.4) is 0 Å². The third-order valence-corrected chi connectivity index (χ3v) is 2.75. The molecule has 0 radical (unpaired) electrons. The molecule has 0 saturated heterocycles. The average molecular weight is 266 g/mol. The van der Waals surface area contributed by atoms with Gasteiger partial charge in [-0.1, -0.05) is 0 Å². The molecule has 1 amide bonds. The topological polar surface area (TPSA) is 85.0 Å². The molecule has 0 fully saturated rings. The van der Waals surface area contributed by atoms with Crippen LogP contribution in [0.2, 0.25) is 0 Å². The van der Waals surface area contributed by atoms with Gasteiger partial charge in [0.25, 0.3) is 5.91 Å². The first-order valence-electron chi connectivity index (χ1n) is 5.95. The molecule has 3 N–H and O–H groups in total. The Morgan fingerprint density at radius 1 is 1.42 bits per heavy atom. The maximum Gasteiger partial charge on any atom is 0.255 e. The van der Waals surface area contributed by atoms with E-state index in [1.807, 2.05) is 0 Å². The van der Waals surface area contributed by atoms with E-state index >= 15 is 0 Å². The normalized spacial score (nSPS) is 13.5. The minimum Gasteiger partial charge on any atom is -0.454 e. The van der Waals surface area contributed by atoms with Crippen molar-refractivity contribution in [1.82, 2.24) is 4.90 Å². The van der Waals surface area contributed by atoms with Gasteiger partial charge < -0.3 is 25.2 Å². The SMILES string of the molecule is CN(CC(C)(C)O)C(=O)c1cc2c(cc1N)OCO2. The van der Waals surface area contributed by atoms with Crippen LogP contribution in [0.25, 0.3) is 0 Å². The van der Waals surface area contributed by atoms with E-state index in [1.165, 1.54) is 4.90 Å². The number of anilines is 1. The summed E-state index contributed by atoms with van der Waals surface area (Å²) in [5, 5.41) is 9.74. The highest BCUT2D eigenvalue weighted by atomic mass is 16.7. The van der Waals surface area contributed by atoms with Crippen molar-refractivity contribution >= 4 is 11.6 Å². The molecule has 1 aliphatic heterocycles. The molecule has 0 atom stereocenters. The Labute approximate surface area is 111 Å². The van der Waals surface area contributed by atoms with Crippen LogP contribution in [-0.2, 0) is 0 Å². The van der Waals surface area contributed by atoms with Gasteiger partial charge in [0.05, 0.1) is 11.2 Å². The number of hydrogen-bond donors (Lipinski definition) is 2. The molecule has 1 aromatic rings. The molecule has 0 saturated carbocycles. The van der Waals surface area contributed by atoms with Crippen molar-refractivity contribution in [2.75, 3.05) is 26.1 Å². The Bertz CT molecular complexity index is 508. The molecule has 2 rings (SSSR count). The molecule has 0 bridgehead atoms. The van der Waals surface area contributed by atoms with Gasteiger partial charge in [-0.2, -0.15) is 0 Å². The second-order valence-corrected chi connectivity index (χ2v) is 5.27. The number of hydrogen-bond acceptors (Lipinski definition) is 5. The highest BCUT2D eigenvalue weighted by molar-refractivity contribution is 6.00. The van der Waals surface area contributed by atoms with E-state index in [1.54, 1.807) is 33.0 Å². The molecule has 0 aromatic heterocycles. The number of carbonyl (C=O) groups excluding carboxylic acids is 1. The second kappa shape index (κ2) is 4.62. The number of nitrogens with zero attached hydrogens (tertiary/aromatic N) is 1. The quantitative estimate of drug-likeness (QED) is 0.792. The van der Waals surface area contributed by atoms with E-state index in [-0.39, 0.29) is 19.2 Å². The van der Waals surface area contributed by atoms with Crippen LogP contribution >= 0.6 is 0 Å². The van der Waals surface area contributed by atoms with Crippen LogP contribution in [0, 0.1) is 0 Å². The van der Waals surface area contributed by atoms with Gasteiger partial charge in [0.1, 0.15) is 0 Å². The summed E-state index contributed by atoms with van der Waals surface area (Å²) < 4.78 is 10.4. The van der Waals surface area contributed by atoms with Gasteiger partial charge in [-0.25, -0.2) is 0 Å². The van der Waals surface area contributed by atoms with E-state index in [9.17, 15) is 9.90 Å². The largest absolute Gasteiger partial charge is 0.454 e. The lowest BCUT2D eigenvalue weighted by Crippen LogP contribution is -2.39. The minimum atomic E-state index is -0.963. The standard InChI is InChI=1S/C13H18N2O4/c1-13(2,17)6-15(3)12(16)8-4-10-11(5-9(8)14)19-7-18-10/h4-5,17H,6-7,14H2,1-3H3. The van der Waals surface area contributed by atoms with Crippen LogP contribution < -0.4 is 15.2 Å². The summed E-state index contributed by atoms with van der Waals surface area (Å²) in [6, 6.07) is 3.15. The summed E-state index contributed by atoms with van der Waals surface area (Å²) in [7, 11) is 1.62. The van der Waals surface area contributed by atoms with Crippen molar-refractivity contribution in [2.24, 2.45) is 0 Å². The fourth-order valence-corrected chi connectivity index (χ4v) is 2.00. The summed E-state index contributed by atoms with van der Waals surface area (Å²) in [6.07, 6.45) is 0. The molecule has 0 spiro atoms. The number of benzene rings is 1. The third-order valence-electron chi connectivity index (χ3n) is 2.75. The number of aliphatic hydroxyl groups is 1. The number of amides is 1. The van der Waals surface area contributed by atoms with Crippen LogP contribution in [0.15, 0.2) is 12.1 Å². The Balaban J connectivity index is 2.24. The van der Waals surface area contributed by atoms with E-state index in [0.29, 0.717) is 22.7 Å². The third kappa shape index (κ3) is 2.90. The van der Waals surface area contributed by atoms with Crippen molar-refractivity contribution < 1.29 is 19.4 Å². The number of nitrogens with two attached hydrogens (primary N) is 1. The van der Waals surface area contributed by atoms with Crippen molar-refractivity contribution in [3.63, 3.8) is 0 Å². The lowest BCUT2D eigenvalue weighted by atomic mass is 10.1. The minimum absolute atomic E-state index is 0.131. The van der Waals surface area contributed by atoms with Crippen molar-refractivity contribution in [3.8, 4) is 11.5 Å². The average Bonchev–Trinajstić information content (AvgIpc) is 2.71. The molecule has 0 aliphatic carbocycles. The summed E-state index contributed by atoms with van der Waals surface area (Å²) in [5.74, 6) is 0.784. The van der Waals surface area contributed by atoms with Crippen LogP contribution in [-0.4, -0.2) is 41.9 Å². The van der Waals surface area contributed by atoms with Gasteiger partial charge in [0, 0.05) is 25.3 Å². The molecule has 6 nitrogen and oxygen atoms in total. The second-order valence-electron chi connectivity index (χ2n) is 5.27. The van der Waals surface area contributed by atoms with E-state index in [2.05, 4.69) is 0 Å². The maximum absolute atomic E-state index is 12.3. The molecule has 19 heavy (non-hydrogen) atoms. The Kier molecular flexibility index (Phi) is 3.28. The molecule has 1 aromatic carbocycles. The van der Waals surface area contributed by atoms with Crippen molar-refractivity contribution in [2.45, 2.75) is 19.4 Å². The highest BCUT2D eigenvalue weighted by Crippen LogP contribution is 2.36. The first-order chi connectivity index (χ1) is 8.78. The van der Waals surface area contributed by atoms with Gasteiger partial charge in [-0.3, -0.25) is 4.79 Å². The zero-order chi connectivity index (χ0) is 14.2. The number of fused-ring (bicyclic) bond motifs is 1. The molecule has 6 heteroatoms. The zero-order valence-electron chi connectivity index (χ0n) is 11.3. The number of nitrogen functional groups attached to an aromatic ring is 1. The van der Waals surface area contributed by atoms with E-state index in [4.69, 9.17) is 15.2 Å². The molecule has 1 heterocycles. The summed E-state index contributed by atoms with van der Waals surface area (Å²) in [5.41, 5.74) is 5.56. The number of rotatable bonds is 3. The molecule has 0 unspecified atom stereocenters. The predicted octanol–water partition coefficient (Wildman–Crippen LogP) is 0.840. The summed E-state index contributed by atoms with van der Waals surface area (Å²) >= 11 is 0. The lowest BCUT2D eigenvalue weighted by molar-refractivity contribution is 0.0368. The molecular formula is C13H18N2O4. The molecule has 1 aliphatic rings. The molecule has 104 valence electrons. The predicted molar refractivity (Wildman–Crippen MR) is 70.2 cm³/mol. The lowest BCUT2D eigenvalue weighted by Gasteiger charge is -2.26. The van der Waals surface area contributed by atoms with Crippen molar-refractivity contribution in [3.05, 3.63) is 17.7 Å². The van der Waals surface area contributed by atoms with Gasteiger partial charge in [-0.15, -0.1) is 0 Å². The van der Waals surface area contributed by atoms with Crippen molar-refractivity contribution in [1.29, 1.82) is 0 Å². The fourth-order valence-electron chi connectivity index (χ4n) is 2.00. The smallest absolute Gasteiger partial charge is 0.255 e. The summed E-state index contributed by atoms with van der Waals surface area (Å²) in [4.78, 5) is 13.7. The highest BCUT2D eigenvalue weighted by Gasteiger charge is 2.24. The zero-order valence-corrected chi connectivity index (χ0v) is 11.3. The van der Waals surface area contributed by atoms with Gasteiger partial charge in [0.15, 0.2) is 11.5 Å². The maximum atomic E-state index is 12.3. The Morgan fingerprint density at radius 2 is 2.00 bits per heavy atom. The molecular weight excluding hydrogens is 248 g/mol. The van der Waals surface area contributed by atoms with Crippen LogP contribution in [0.4, 0.5) is 5.69 Å². The first kappa shape index (κ1) is 13.5. The fraction of sp³-hybridized carbons (Fsp3) is 0.462. The van der Waals surface area contributed by atoms with Crippen LogP contribution in [0.1, 0.15) is 24.2 Å². The van der Waals surface area contributed by atoms with Gasteiger partial charge in [-0.05, 0) is 19.9 Å². The Hall–Kier alpha value is -1.95. The van der Waals surface area contributed by atoms with E-state index < -0.39 is 5.60 Å². The van der Waals surface area contributed by atoms with Gasteiger partial charge in [0.2, 0.25) is 6.79 Å². The summed E-state index contributed by atoms with van der Waals surface area (Å²) in [6.45, 7) is 3.62. The number of ether oxygens (including phenoxy) is 2. The Morgan fingerprint density at radius 3 is 2.58 bits per heavy atom. The monoisotopic (exact) mass is 266 g/mol. The first-order valence-corrected chi connectivity index (χ1v) is 5.95. The van der Waals surface area contributed by atoms with Crippen LogP contribution in [0.5, 0.6) is 11.5 Å². The van der Waals surface area contributed by atoms with Gasteiger partial charge >= 0.3 is 0 Å². The number of carbonyl (C=O) groups is 1. The van der Waals surface area contributed by atoms with E-state index in [0.717, 1.165) is 0 Å². The number of likely N-dealkylation sites (N-methyl/N-ethyl adjacent to an activating group) is 1.